The Balaban J connectivity index is 2.12. The van der Waals surface area contributed by atoms with Crippen LogP contribution >= 0.6 is 39.3 Å². The quantitative estimate of drug-likeness (QED) is 0.423. The second-order valence-electron chi connectivity index (χ2n) is 3.79. The summed E-state index contributed by atoms with van der Waals surface area (Å²) in [4.78, 5) is 11.5. The lowest BCUT2D eigenvalue weighted by atomic mass is 10.2. The minimum Gasteiger partial charge on any atom is -0.258 e. The fourth-order valence-electron chi connectivity index (χ4n) is 1.51. The fraction of sp³-hybridized carbons (Fsp3) is 0.0769. The van der Waals surface area contributed by atoms with Gasteiger partial charge in [-0.25, -0.2) is 0 Å². The van der Waals surface area contributed by atoms with Crippen LogP contribution in [0.3, 0.4) is 0 Å². The molecule has 0 aliphatic heterocycles. The summed E-state index contributed by atoms with van der Waals surface area (Å²) in [5, 5.41) is 11.5. The van der Waals surface area contributed by atoms with Crippen molar-refractivity contribution in [2.75, 3.05) is 0 Å². The average molecular weight is 359 g/mol. The number of hydrogen-bond acceptors (Lipinski definition) is 3. The molecule has 0 aliphatic carbocycles. The summed E-state index contributed by atoms with van der Waals surface area (Å²) < 4.78 is 0.494. The molecule has 19 heavy (non-hydrogen) atoms. The first-order chi connectivity index (χ1) is 9.06. The first kappa shape index (κ1) is 14.4. The average Bonchev–Trinajstić information content (AvgIpc) is 2.37. The Hall–Kier alpha value is -1.04. The van der Waals surface area contributed by atoms with Crippen molar-refractivity contribution in [2.45, 2.75) is 10.6 Å². The van der Waals surface area contributed by atoms with Crippen LogP contribution < -0.4 is 0 Å². The van der Waals surface area contributed by atoms with Crippen LogP contribution in [-0.4, -0.2) is 4.92 Å². The van der Waals surface area contributed by atoms with Gasteiger partial charge in [0.15, 0.2) is 0 Å². The van der Waals surface area contributed by atoms with Gasteiger partial charge in [-0.15, -0.1) is 11.8 Å². The van der Waals surface area contributed by atoms with E-state index in [1.807, 2.05) is 30.3 Å². The first-order valence-electron chi connectivity index (χ1n) is 5.37. The molecule has 3 nitrogen and oxygen atoms in total. The Bertz CT molecular complexity index is 621. The highest BCUT2D eigenvalue weighted by Crippen LogP contribution is 2.30. The molecule has 0 amide bonds. The van der Waals surface area contributed by atoms with Crippen molar-refractivity contribution in [3.05, 3.63) is 67.6 Å². The van der Waals surface area contributed by atoms with E-state index in [0.717, 1.165) is 10.5 Å². The largest absolute Gasteiger partial charge is 0.283 e. The first-order valence-corrected chi connectivity index (χ1v) is 7.53. The van der Waals surface area contributed by atoms with Gasteiger partial charge in [0.05, 0.1) is 9.40 Å². The van der Waals surface area contributed by atoms with Gasteiger partial charge < -0.3 is 0 Å². The lowest BCUT2D eigenvalue weighted by Crippen LogP contribution is -1.91. The van der Waals surface area contributed by atoms with Gasteiger partial charge in [0.2, 0.25) is 0 Å². The van der Waals surface area contributed by atoms with Crippen LogP contribution in [-0.2, 0) is 5.75 Å². The molecule has 0 radical (unpaired) electrons. The van der Waals surface area contributed by atoms with Gasteiger partial charge in [-0.3, -0.25) is 10.1 Å². The Labute approximate surface area is 128 Å². The minimum atomic E-state index is -0.391. The van der Waals surface area contributed by atoms with E-state index in [2.05, 4.69) is 15.9 Å². The van der Waals surface area contributed by atoms with Crippen LogP contribution in [0.25, 0.3) is 0 Å². The number of benzene rings is 2. The maximum atomic E-state index is 10.8. The molecule has 0 aromatic heterocycles. The molecule has 0 bridgehead atoms. The molecule has 2 aromatic carbocycles. The molecule has 0 saturated carbocycles. The van der Waals surface area contributed by atoms with Gasteiger partial charge in [-0.2, -0.15) is 0 Å². The van der Waals surface area contributed by atoms with Crippen LogP contribution in [0.1, 0.15) is 5.56 Å². The smallest absolute Gasteiger partial charge is 0.258 e. The number of nitrogens with zero attached hydrogens (tertiary/aromatic N) is 1. The molecule has 0 aliphatic rings. The maximum absolute atomic E-state index is 10.8. The SMILES string of the molecule is O=[N+]([O-])c1cc(CSc2cccc(Cl)c2)ccc1Br. The Morgan fingerprint density at radius 3 is 2.74 bits per heavy atom. The fourth-order valence-corrected chi connectivity index (χ4v) is 3.06. The van der Waals surface area contributed by atoms with Crippen LogP contribution in [0.4, 0.5) is 5.69 Å². The van der Waals surface area contributed by atoms with E-state index >= 15 is 0 Å². The van der Waals surface area contributed by atoms with Crippen molar-refractivity contribution in [1.29, 1.82) is 0 Å². The van der Waals surface area contributed by atoms with E-state index in [4.69, 9.17) is 11.6 Å². The Kier molecular flexibility index (Phi) is 4.85. The number of rotatable bonds is 4. The summed E-state index contributed by atoms with van der Waals surface area (Å²) in [5.41, 5.74) is 0.990. The molecule has 0 atom stereocenters. The van der Waals surface area contributed by atoms with Gasteiger partial charge in [0.1, 0.15) is 0 Å². The zero-order chi connectivity index (χ0) is 13.8. The van der Waals surface area contributed by atoms with Crippen LogP contribution in [0.5, 0.6) is 0 Å². The van der Waals surface area contributed by atoms with Gasteiger partial charge in [0.25, 0.3) is 5.69 Å². The normalized spacial score (nSPS) is 10.4. The third kappa shape index (κ3) is 3.96. The summed E-state index contributed by atoms with van der Waals surface area (Å²) in [6.45, 7) is 0. The summed E-state index contributed by atoms with van der Waals surface area (Å²) in [5.74, 6) is 0.661. The van der Waals surface area contributed by atoms with Crippen LogP contribution in [0.2, 0.25) is 5.02 Å². The molecule has 2 rings (SSSR count). The number of nitro benzene ring substituents is 1. The van der Waals surface area contributed by atoms with Crippen molar-refractivity contribution in [3.63, 3.8) is 0 Å². The van der Waals surface area contributed by atoms with Crippen LogP contribution in [0, 0.1) is 10.1 Å². The highest BCUT2D eigenvalue weighted by molar-refractivity contribution is 9.10. The topological polar surface area (TPSA) is 43.1 Å². The Morgan fingerprint density at radius 1 is 1.26 bits per heavy atom. The van der Waals surface area contributed by atoms with Crippen molar-refractivity contribution >= 4 is 45.0 Å². The van der Waals surface area contributed by atoms with E-state index in [-0.39, 0.29) is 5.69 Å². The number of hydrogen-bond donors (Lipinski definition) is 0. The highest BCUT2D eigenvalue weighted by atomic mass is 79.9. The van der Waals surface area contributed by atoms with E-state index in [1.54, 1.807) is 23.9 Å². The van der Waals surface area contributed by atoms with Crippen molar-refractivity contribution < 1.29 is 4.92 Å². The van der Waals surface area contributed by atoms with Gasteiger partial charge in [-0.05, 0) is 45.8 Å². The monoisotopic (exact) mass is 357 g/mol. The zero-order valence-corrected chi connectivity index (χ0v) is 12.8. The molecular weight excluding hydrogens is 350 g/mol. The molecule has 0 unspecified atom stereocenters. The maximum Gasteiger partial charge on any atom is 0.283 e. The molecule has 0 saturated heterocycles. The van der Waals surface area contributed by atoms with Gasteiger partial charge >= 0.3 is 0 Å². The number of nitro groups is 1. The minimum absolute atomic E-state index is 0.0872. The third-order valence-corrected chi connectivity index (χ3v) is 4.38. The summed E-state index contributed by atoms with van der Waals surface area (Å²) in [7, 11) is 0. The van der Waals surface area contributed by atoms with Gasteiger partial charge in [-0.1, -0.05) is 23.7 Å². The van der Waals surface area contributed by atoms with Crippen molar-refractivity contribution in [3.8, 4) is 0 Å². The number of halogens is 2. The zero-order valence-electron chi connectivity index (χ0n) is 9.68. The molecule has 0 spiro atoms. The van der Waals surface area contributed by atoms with Crippen molar-refractivity contribution in [1.82, 2.24) is 0 Å². The van der Waals surface area contributed by atoms with Gasteiger partial charge in [0, 0.05) is 21.7 Å². The lowest BCUT2D eigenvalue weighted by molar-refractivity contribution is -0.385. The molecular formula is C13H9BrClNO2S. The molecule has 98 valence electrons. The summed E-state index contributed by atoms with van der Waals surface area (Å²) >= 11 is 10.7. The molecule has 0 N–H and O–H groups in total. The highest BCUT2D eigenvalue weighted by Gasteiger charge is 2.12. The predicted octanol–water partition coefficient (Wildman–Crippen LogP) is 5.30. The van der Waals surface area contributed by atoms with E-state index in [0.29, 0.717) is 15.2 Å². The Morgan fingerprint density at radius 2 is 2.05 bits per heavy atom. The lowest BCUT2D eigenvalue weighted by Gasteiger charge is -2.03. The van der Waals surface area contributed by atoms with E-state index in [9.17, 15) is 10.1 Å². The third-order valence-electron chi connectivity index (χ3n) is 2.41. The molecule has 0 fully saturated rings. The molecule has 0 heterocycles. The molecule has 6 heteroatoms. The standard InChI is InChI=1S/C13H9BrClNO2S/c14-12-5-4-9(6-13(12)16(17)18)8-19-11-3-1-2-10(15)7-11/h1-7H,8H2. The van der Waals surface area contributed by atoms with Crippen molar-refractivity contribution in [2.24, 2.45) is 0 Å². The van der Waals surface area contributed by atoms with E-state index in [1.165, 1.54) is 0 Å². The molecule has 2 aromatic rings. The predicted molar refractivity (Wildman–Crippen MR) is 81.8 cm³/mol. The summed E-state index contributed by atoms with van der Waals surface area (Å²) in [6, 6.07) is 12.7. The van der Waals surface area contributed by atoms with E-state index < -0.39 is 4.92 Å². The number of thioether (sulfide) groups is 1. The van der Waals surface area contributed by atoms with Crippen LogP contribution in [0.15, 0.2) is 51.8 Å². The second kappa shape index (κ2) is 6.41. The second-order valence-corrected chi connectivity index (χ2v) is 6.13. The summed E-state index contributed by atoms with van der Waals surface area (Å²) in [6.07, 6.45) is 0.